The summed E-state index contributed by atoms with van der Waals surface area (Å²) in [5, 5.41) is 6.49. The molecule has 0 saturated carbocycles. The molecule has 3 fully saturated rings. The van der Waals surface area contributed by atoms with Gasteiger partial charge < -0.3 is 20.3 Å². The summed E-state index contributed by atoms with van der Waals surface area (Å²) in [6, 6.07) is 9.27. The summed E-state index contributed by atoms with van der Waals surface area (Å²) in [6.07, 6.45) is 13.0. The fourth-order valence-corrected chi connectivity index (χ4v) is 6.81. The van der Waals surface area contributed by atoms with E-state index in [-0.39, 0.29) is 29.7 Å². The molecular weight excluding hydrogens is 504 g/mol. The minimum Gasteiger partial charge on any atom is -0.381 e. The van der Waals surface area contributed by atoms with Crippen molar-refractivity contribution in [2.75, 3.05) is 45.9 Å². The van der Waals surface area contributed by atoms with Gasteiger partial charge in [0.05, 0.1) is 12.0 Å². The van der Waals surface area contributed by atoms with E-state index in [0.717, 1.165) is 57.4 Å². The van der Waals surface area contributed by atoms with Gasteiger partial charge in [0.1, 0.15) is 6.04 Å². The Morgan fingerprint density at radius 2 is 1.70 bits per heavy atom. The number of carbonyl (C=O) groups is 3. The highest BCUT2D eigenvalue weighted by Crippen LogP contribution is 2.36. The average molecular weight is 551 g/mol. The predicted octanol–water partition coefficient (Wildman–Crippen LogP) is 3.07. The monoisotopic (exact) mass is 550 g/mol. The number of ether oxygens (including phenoxy) is 1. The molecule has 1 spiro atoms. The Morgan fingerprint density at radius 3 is 2.45 bits per heavy atom. The van der Waals surface area contributed by atoms with Crippen molar-refractivity contribution in [2.24, 2.45) is 11.3 Å². The number of carbonyl (C=O) groups excluding carboxylic acids is 3. The lowest BCUT2D eigenvalue weighted by atomic mass is 9.75. The molecule has 8 heteroatoms. The van der Waals surface area contributed by atoms with Crippen molar-refractivity contribution in [3.8, 4) is 0 Å². The van der Waals surface area contributed by atoms with Gasteiger partial charge in [-0.3, -0.25) is 19.3 Å². The van der Waals surface area contributed by atoms with Crippen LogP contribution in [0.3, 0.4) is 0 Å². The van der Waals surface area contributed by atoms with Crippen molar-refractivity contribution < 1.29 is 19.1 Å². The first-order chi connectivity index (χ1) is 19.5. The van der Waals surface area contributed by atoms with Crippen molar-refractivity contribution in [2.45, 2.75) is 76.3 Å². The Balaban J connectivity index is 1.32. The zero-order valence-corrected chi connectivity index (χ0v) is 23.8. The zero-order chi connectivity index (χ0) is 27.8. The van der Waals surface area contributed by atoms with E-state index < -0.39 is 11.5 Å². The van der Waals surface area contributed by atoms with Crippen LogP contribution in [0.15, 0.2) is 42.5 Å². The maximum absolute atomic E-state index is 13.8. The largest absolute Gasteiger partial charge is 0.381 e. The summed E-state index contributed by atoms with van der Waals surface area (Å²) >= 11 is 0. The van der Waals surface area contributed by atoms with E-state index in [1.54, 1.807) is 0 Å². The molecule has 5 rings (SSSR count). The van der Waals surface area contributed by atoms with Crippen LogP contribution >= 0.6 is 0 Å². The molecule has 0 aromatic heterocycles. The summed E-state index contributed by atoms with van der Waals surface area (Å²) in [5.74, 6) is 0.285. The first-order valence-corrected chi connectivity index (χ1v) is 15.4. The molecule has 0 aliphatic carbocycles. The average Bonchev–Trinajstić information content (AvgIpc) is 3.27. The molecule has 218 valence electrons. The number of benzene rings is 1. The topological polar surface area (TPSA) is 91.0 Å². The summed E-state index contributed by atoms with van der Waals surface area (Å²) in [5.41, 5.74) is 0.468. The highest BCUT2D eigenvalue weighted by molar-refractivity contribution is 5.90. The van der Waals surface area contributed by atoms with Crippen LogP contribution in [0.2, 0.25) is 0 Å². The SMILES string of the molecule is O=C1N[C@@H]2CCN(CC(=O)N3CCCCCC3)C[C@@H]2C/C=C/CC2(CCOCC2)C(=O)N[C@@H]1Cc1ccccc1. The maximum Gasteiger partial charge on any atom is 0.243 e. The van der Waals surface area contributed by atoms with E-state index in [1.807, 2.05) is 35.2 Å². The first kappa shape index (κ1) is 28.8. The lowest BCUT2D eigenvalue weighted by Gasteiger charge is -2.40. The minimum absolute atomic E-state index is 0.00771. The zero-order valence-electron chi connectivity index (χ0n) is 23.8. The molecule has 4 heterocycles. The number of piperidine rings is 1. The molecule has 1 aromatic carbocycles. The molecular formula is C32H46N4O4. The second-order valence-corrected chi connectivity index (χ2v) is 12.2. The molecule has 2 N–H and O–H groups in total. The minimum atomic E-state index is -0.638. The number of fused-ring (bicyclic) bond motifs is 1. The second kappa shape index (κ2) is 13.8. The van der Waals surface area contributed by atoms with E-state index >= 15 is 0 Å². The molecule has 0 bridgehead atoms. The van der Waals surface area contributed by atoms with Gasteiger partial charge in [-0.1, -0.05) is 55.3 Å². The highest BCUT2D eigenvalue weighted by Gasteiger charge is 2.41. The summed E-state index contributed by atoms with van der Waals surface area (Å²) in [7, 11) is 0. The molecule has 0 unspecified atom stereocenters. The number of nitrogens with zero attached hydrogens (tertiary/aromatic N) is 2. The molecule has 3 saturated heterocycles. The number of hydrogen-bond acceptors (Lipinski definition) is 5. The maximum atomic E-state index is 13.8. The van der Waals surface area contributed by atoms with Crippen LogP contribution in [0.25, 0.3) is 0 Å². The lowest BCUT2D eigenvalue weighted by molar-refractivity contribution is -0.140. The normalized spacial score (nSPS) is 29.2. The summed E-state index contributed by atoms with van der Waals surface area (Å²) in [6.45, 7) is 4.88. The number of amides is 3. The van der Waals surface area contributed by atoms with Crippen molar-refractivity contribution in [1.29, 1.82) is 0 Å². The van der Waals surface area contributed by atoms with E-state index in [1.165, 1.54) is 12.8 Å². The molecule has 40 heavy (non-hydrogen) atoms. The van der Waals surface area contributed by atoms with E-state index in [4.69, 9.17) is 4.74 Å². The van der Waals surface area contributed by atoms with E-state index in [2.05, 4.69) is 27.7 Å². The molecule has 3 atom stereocenters. The Hall–Kier alpha value is -2.71. The van der Waals surface area contributed by atoms with Gasteiger partial charge in [-0.15, -0.1) is 0 Å². The van der Waals surface area contributed by atoms with Crippen LogP contribution < -0.4 is 10.6 Å². The van der Waals surface area contributed by atoms with Crippen molar-refractivity contribution in [3.63, 3.8) is 0 Å². The molecule has 4 aliphatic rings. The van der Waals surface area contributed by atoms with Gasteiger partial charge in [-0.2, -0.15) is 0 Å². The van der Waals surface area contributed by atoms with E-state index in [9.17, 15) is 14.4 Å². The van der Waals surface area contributed by atoms with Gasteiger partial charge in [0.2, 0.25) is 17.7 Å². The van der Waals surface area contributed by atoms with Crippen LogP contribution in [-0.4, -0.2) is 85.5 Å². The molecule has 4 aliphatic heterocycles. The Labute approximate surface area is 238 Å². The van der Waals surface area contributed by atoms with Gasteiger partial charge >= 0.3 is 0 Å². The number of rotatable bonds is 4. The van der Waals surface area contributed by atoms with Crippen molar-refractivity contribution in [3.05, 3.63) is 48.0 Å². The number of allylic oxidation sites excluding steroid dienone is 2. The second-order valence-electron chi connectivity index (χ2n) is 12.2. The number of nitrogens with one attached hydrogen (secondary N) is 2. The summed E-state index contributed by atoms with van der Waals surface area (Å²) in [4.78, 5) is 44.9. The quantitative estimate of drug-likeness (QED) is 0.563. The highest BCUT2D eigenvalue weighted by atomic mass is 16.5. The summed E-state index contributed by atoms with van der Waals surface area (Å²) < 4.78 is 5.61. The van der Waals surface area contributed by atoms with Gasteiger partial charge in [0.15, 0.2) is 0 Å². The smallest absolute Gasteiger partial charge is 0.243 e. The standard InChI is InChI=1S/C32H46N4O4/c37-29(36-17-8-1-2-9-18-36)24-35-19-13-27-26(23-35)12-6-7-14-32(15-20-40-21-16-32)31(39)34-28(30(38)33-27)22-25-10-4-3-5-11-25/h3-7,10-11,26-28H,1-2,8-9,12-24H2,(H,33,38)(H,34,39)/b7-6+/t26-,27+,28+/m0/s1. The third-order valence-electron chi connectivity index (χ3n) is 9.41. The lowest BCUT2D eigenvalue weighted by Crippen LogP contribution is -2.58. The Kier molecular flexibility index (Phi) is 9.92. The predicted molar refractivity (Wildman–Crippen MR) is 154 cm³/mol. The van der Waals surface area contributed by atoms with Crippen LogP contribution in [0.5, 0.6) is 0 Å². The van der Waals surface area contributed by atoms with Crippen LogP contribution in [0.4, 0.5) is 0 Å². The van der Waals surface area contributed by atoms with Gasteiger partial charge in [-0.05, 0) is 56.4 Å². The van der Waals surface area contributed by atoms with Gasteiger partial charge in [0, 0.05) is 51.9 Å². The molecule has 0 radical (unpaired) electrons. The number of likely N-dealkylation sites (tertiary alicyclic amines) is 2. The van der Waals surface area contributed by atoms with Gasteiger partial charge in [-0.25, -0.2) is 0 Å². The van der Waals surface area contributed by atoms with Crippen molar-refractivity contribution in [1.82, 2.24) is 20.4 Å². The van der Waals surface area contributed by atoms with Crippen LogP contribution in [0.1, 0.15) is 63.4 Å². The Morgan fingerprint density at radius 1 is 0.950 bits per heavy atom. The van der Waals surface area contributed by atoms with Crippen molar-refractivity contribution >= 4 is 17.7 Å². The molecule has 8 nitrogen and oxygen atoms in total. The van der Waals surface area contributed by atoms with Crippen LogP contribution in [-0.2, 0) is 25.5 Å². The third kappa shape index (κ3) is 7.32. The molecule has 3 amide bonds. The fourth-order valence-electron chi connectivity index (χ4n) is 6.81. The number of hydrogen-bond donors (Lipinski definition) is 2. The van der Waals surface area contributed by atoms with Gasteiger partial charge in [0.25, 0.3) is 0 Å². The third-order valence-corrected chi connectivity index (χ3v) is 9.41. The van der Waals surface area contributed by atoms with Crippen LogP contribution in [0, 0.1) is 11.3 Å². The Bertz CT molecular complexity index is 1030. The molecule has 1 aromatic rings. The van der Waals surface area contributed by atoms with E-state index in [0.29, 0.717) is 45.4 Å². The fraction of sp³-hybridized carbons (Fsp3) is 0.656. The first-order valence-electron chi connectivity index (χ1n) is 15.4.